The van der Waals surface area contributed by atoms with E-state index in [2.05, 4.69) is 10.1 Å². The number of furan rings is 1. The highest BCUT2D eigenvalue weighted by molar-refractivity contribution is 5.46. The van der Waals surface area contributed by atoms with Gasteiger partial charge in [-0.15, -0.1) is 5.10 Å². The summed E-state index contributed by atoms with van der Waals surface area (Å²) in [6, 6.07) is 3.87. The highest BCUT2D eigenvalue weighted by atomic mass is 16.3. The van der Waals surface area contributed by atoms with Crippen LogP contribution in [-0.2, 0) is 13.0 Å². The van der Waals surface area contributed by atoms with Crippen LogP contribution in [0.15, 0.2) is 16.5 Å². The number of hydrogen-bond acceptors (Lipinski definition) is 3. The molecule has 0 unspecified atom stereocenters. The van der Waals surface area contributed by atoms with Gasteiger partial charge in [-0.1, -0.05) is 0 Å². The molecule has 1 aliphatic heterocycles. The van der Waals surface area contributed by atoms with E-state index in [0.29, 0.717) is 0 Å². The fourth-order valence-corrected chi connectivity index (χ4v) is 1.94. The third kappa shape index (κ3) is 1.46. The second kappa shape index (κ2) is 3.22. The lowest BCUT2D eigenvalue weighted by atomic mass is 10.2. The number of fused-ring (bicyclic) bond motifs is 1. The van der Waals surface area contributed by atoms with Crippen LogP contribution in [0.3, 0.4) is 0 Å². The summed E-state index contributed by atoms with van der Waals surface area (Å²) in [7, 11) is 0. The van der Waals surface area contributed by atoms with Crippen molar-refractivity contribution in [3.05, 3.63) is 23.7 Å². The Hall–Kier alpha value is -1.58. The molecule has 0 aromatic carbocycles. The molecule has 3 heterocycles. The Morgan fingerprint density at radius 2 is 2.27 bits per heavy atom. The summed E-state index contributed by atoms with van der Waals surface area (Å²) in [5, 5.41) is 4.45. The molecule has 0 spiro atoms. The predicted molar refractivity (Wildman–Crippen MR) is 55.4 cm³/mol. The minimum atomic E-state index is 0.722. The lowest BCUT2D eigenvalue weighted by Gasteiger charge is -2.09. The third-order valence-electron chi connectivity index (χ3n) is 2.73. The fourth-order valence-electron chi connectivity index (χ4n) is 1.94. The van der Waals surface area contributed by atoms with Gasteiger partial charge in [0.05, 0.1) is 0 Å². The number of hydrogen-bond donors (Lipinski definition) is 0. The van der Waals surface area contributed by atoms with Crippen LogP contribution in [0.2, 0.25) is 0 Å². The van der Waals surface area contributed by atoms with E-state index < -0.39 is 0 Å². The largest absolute Gasteiger partial charge is 0.458 e. The summed E-state index contributed by atoms with van der Waals surface area (Å²) in [5.74, 6) is 3.48. The molecule has 0 N–H and O–H groups in total. The predicted octanol–water partition coefficient (Wildman–Crippen LogP) is 2.18. The summed E-state index contributed by atoms with van der Waals surface area (Å²) in [6.07, 6.45) is 3.45. The van der Waals surface area contributed by atoms with Crippen molar-refractivity contribution in [2.75, 3.05) is 0 Å². The van der Waals surface area contributed by atoms with Gasteiger partial charge in [0.2, 0.25) is 5.82 Å². The van der Waals surface area contributed by atoms with Crippen molar-refractivity contribution in [1.82, 2.24) is 14.8 Å². The minimum Gasteiger partial charge on any atom is -0.458 e. The van der Waals surface area contributed by atoms with Crippen molar-refractivity contribution in [2.45, 2.75) is 32.7 Å². The summed E-state index contributed by atoms with van der Waals surface area (Å²) in [5.41, 5.74) is 0. The molecule has 4 heteroatoms. The van der Waals surface area contributed by atoms with E-state index in [0.717, 1.165) is 36.1 Å². The van der Waals surface area contributed by atoms with Gasteiger partial charge in [0, 0.05) is 13.0 Å². The highest BCUT2D eigenvalue weighted by Crippen LogP contribution is 2.21. The summed E-state index contributed by atoms with van der Waals surface area (Å²) < 4.78 is 7.51. The Morgan fingerprint density at radius 3 is 3.00 bits per heavy atom. The van der Waals surface area contributed by atoms with Crippen LogP contribution in [0.4, 0.5) is 0 Å². The first-order chi connectivity index (χ1) is 7.33. The number of nitrogens with zero attached hydrogens (tertiary/aromatic N) is 3. The molecule has 4 nitrogen and oxygen atoms in total. The van der Waals surface area contributed by atoms with Gasteiger partial charge < -0.3 is 4.42 Å². The first-order valence-electron chi connectivity index (χ1n) is 5.33. The normalized spacial score (nSPS) is 15.3. The lowest BCUT2D eigenvalue weighted by molar-refractivity contribution is 0.479. The summed E-state index contributed by atoms with van der Waals surface area (Å²) in [4.78, 5) is 4.49. The monoisotopic (exact) mass is 203 g/mol. The molecule has 0 aliphatic carbocycles. The standard InChI is InChI=1S/C11H13N3O/c1-8-5-6-9(15-8)11-12-10-4-2-3-7-14(10)13-11/h5-6H,2-4,7H2,1H3. The van der Waals surface area contributed by atoms with E-state index >= 15 is 0 Å². The molecule has 1 aliphatic rings. The fraction of sp³-hybridized carbons (Fsp3) is 0.455. The van der Waals surface area contributed by atoms with E-state index in [-0.39, 0.29) is 0 Å². The van der Waals surface area contributed by atoms with Crippen LogP contribution >= 0.6 is 0 Å². The molecule has 0 saturated carbocycles. The molecule has 78 valence electrons. The minimum absolute atomic E-state index is 0.722. The number of rotatable bonds is 1. The third-order valence-corrected chi connectivity index (χ3v) is 2.73. The van der Waals surface area contributed by atoms with Crippen LogP contribution in [0.1, 0.15) is 24.4 Å². The zero-order chi connectivity index (χ0) is 10.3. The zero-order valence-electron chi connectivity index (χ0n) is 8.73. The smallest absolute Gasteiger partial charge is 0.217 e. The van der Waals surface area contributed by atoms with E-state index in [1.807, 2.05) is 23.7 Å². The maximum Gasteiger partial charge on any atom is 0.217 e. The average molecular weight is 203 g/mol. The molecule has 0 atom stereocenters. The molecule has 0 saturated heterocycles. The van der Waals surface area contributed by atoms with E-state index in [1.54, 1.807) is 0 Å². The van der Waals surface area contributed by atoms with Crippen molar-refractivity contribution >= 4 is 0 Å². The van der Waals surface area contributed by atoms with Crippen molar-refractivity contribution < 1.29 is 4.42 Å². The topological polar surface area (TPSA) is 43.9 Å². The SMILES string of the molecule is Cc1ccc(-c2nc3n(n2)CCCC3)o1. The van der Waals surface area contributed by atoms with Crippen molar-refractivity contribution in [1.29, 1.82) is 0 Å². The Morgan fingerprint density at radius 1 is 1.33 bits per heavy atom. The first-order valence-corrected chi connectivity index (χ1v) is 5.33. The Bertz CT molecular complexity index is 460. The van der Waals surface area contributed by atoms with Crippen LogP contribution in [-0.4, -0.2) is 14.8 Å². The number of aromatic nitrogens is 3. The quantitative estimate of drug-likeness (QED) is 0.713. The molecule has 2 aromatic heterocycles. The van der Waals surface area contributed by atoms with Crippen LogP contribution < -0.4 is 0 Å². The van der Waals surface area contributed by atoms with E-state index in [4.69, 9.17) is 4.42 Å². The number of aryl methyl sites for hydroxylation is 3. The molecule has 3 rings (SSSR count). The summed E-state index contributed by atoms with van der Waals surface area (Å²) >= 11 is 0. The van der Waals surface area contributed by atoms with Gasteiger partial charge in [-0.3, -0.25) is 0 Å². The molecule has 0 fully saturated rings. The molecule has 0 radical (unpaired) electrons. The molecule has 15 heavy (non-hydrogen) atoms. The molecular formula is C11H13N3O. The molecule has 0 amide bonds. The second-order valence-corrected chi connectivity index (χ2v) is 3.94. The lowest BCUT2D eigenvalue weighted by Crippen LogP contribution is -2.11. The summed E-state index contributed by atoms with van der Waals surface area (Å²) in [6.45, 7) is 2.92. The van der Waals surface area contributed by atoms with Gasteiger partial charge in [0.25, 0.3) is 0 Å². The molecule has 0 bridgehead atoms. The Balaban J connectivity index is 2.02. The van der Waals surface area contributed by atoms with Gasteiger partial charge >= 0.3 is 0 Å². The molecular weight excluding hydrogens is 190 g/mol. The van der Waals surface area contributed by atoms with E-state index in [9.17, 15) is 0 Å². The van der Waals surface area contributed by atoms with Crippen molar-refractivity contribution in [3.8, 4) is 11.6 Å². The van der Waals surface area contributed by atoms with Gasteiger partial charge in [-0.25, -0.2) is 9.67 Å². The zero-order valence-corrected chi connectivity index (χ0v) is 8.73. The van der Waals surface area contributed by atoms with Gasteiger partial charge in [0.1, 0.15) is 11.6 Å². The first kappa shape index (κ1) is 8.71. The second-order valence-electron chi connectivity index (χ2n) is 3.94. The van der Waals surface area contributed by atoms with Crippen LogP contribution in [0, 0.1) is 6.92 Å². The average Bonchev–Trinajstić information content (AvgIpc) is 2.82. The highest BCUT2D eigenvalue weighted by Gasteiger charge is 2.16. The van der Waals surface area contributed by atoms with Gasteiger partial charge in [0.15, 0.2) is 5.76 Å². The van der Waals surface area contributed by atoms with Crippen LogP contribution in [0.5, 0.6) is 0 Å². The van der Waals surface area contributed by atoms with Crippen molar-refractivity contribution in [2.24, 2.45) is 0 Å². The van der Waals surface area contributed by atoms with Gasteiger partial charge in [-0.2, -0.15) is 0 Å². The van der Waals surface area contributed by atoms with Crippen molar-refractivity contribution in [3.63, 3.8) is 0 Å². The van der Waals surface area contributed by atoms with E-state index in [1.165, 1.54) is 12.8 Å². The van der Waals surface area contributed by atoms with Gasteiger partial charge in [-0.05, 0) is 31.9 Å². The van der Waals surface area contributed by atoms with Crippen LogP contribution in [0.25, 0.3) is 11.6 Å². The Kier molecular flexibility index (Phi) is 1.87. The Labute approximate surface area is 87.9 Å². The molecule has 2 aromatic rings. The maximum absolute atomic E-state index is 5.51. The maximum atomic E-state index is 5.51.